The fourth-order valence-electron chi connectivity index (χ4n) is 4.29. The Morgan fingerprint density at radius 2 is 1.76 bits per heavy atom. The molecule has 1 saturated carbocycles. The molecule has 1 aromatic heterocycles. The molecule has 4 rings (SSSR count). The van der Waals surface area contributed by atoms with Crippen LogP contribution in [-0.4, -0.2) is 52.6 Å². The van der Waals surface area contributed by atoms with Crippen LogP contribution in [0.4, 0.5) is 4.79 Å². The van der Waals surface area contributed by atoms with Crippen LogP contribution in [0.1, 0.15) is 36.9 Å². The number of aryl methyl sites for hydroxylation is 1. The molecule has 1 aliphatic carbocycles. The molecule has 0 unspecified atom stereocenters. The van der Waals surface area contributed by atoms with Crippen molar-refractivity contribution in [3.05, 3.63) is 65.9 Å². The fraction of sp³-hybridized carbons (Fsp3) is 0.385. The fourth-order valence-corrected chi connectivity index (χ4v) is 4.29. The zero-order chi connectivity index (χ0) is 24.1. The van der Waals surface area contributed by atoms with Crippen LogP contribution in [0.2, 0.25) is 0 Å². The third kappa shape index (κ3) is 5.40. The number of methoxy groups -OCH3 is 1. The number of hydrogen-bond acceptors (Lipinski definition) is 6. The number of benzene rings is 2. The van der Waals surface area contributed by atoms with Gasteiger partial charge in [-0.05, 0) is 62.9 Å². The second kappa shape index (κ2) is 10.3. The van der Waals surface area contributed by atoms with Gasteiger partial charge in [-0.3, -0.25) is 0 Å². The molecule has 1 heterocycles. The van der Waals surface area contributed by atoms with Gasteiger partial charge in [-0.25, -0.2) is 9.48 Å². The molecule has 0 saturated heterocycles. The Balaban J connectivity index is 1.56. The summed E-state index contributed by atoms with van der Waals surface area (Å²) in [5, 5.41) is 24.9. The lowest BCUT2D eigenvalue weighted by Gasteiger charge is -2.34. The van der Waals surface area contributed by atoms with Crippen molar-refractivity contribution in [2.45, 2.75) is 44.3 Å². The van der Waals surface area contributed by atoms with Crippen LogP contribution < -0.4 is 4.74 Å². The number of aliphatic hydroxyl groups is 1. The molecule has 8 nitrogen and oxygen atoms in total. The summed E-state index contributed by atoms with van der Waals surface area (Å²) in [4.78, 5) is 10.4. The van der Waals surface area contributed by atoms with Gasteiger partial charge in [0.25, 0.3) is 0 Å². The highest BCUT2D eigenvalue weighted by molar-refractivity contribution is 5.63. The van der Waals surface area contributed by atoms with E-state index < -0.39 is 11.8 Å². The highest BCUT2D eigenvalue weighted by Crippen LogP contribution is 2.39. The van der Waals surface area contributed by atoms with Crippen molar-refractivity contribution in [2.75, 3.05) is 20.3 Å². The van der Waals surface area contributed by atoms with Crippen molar-refractivity contribution in [1.29, 1.82) is 0 Å². The second-order valence-electron chi connectivity index (χ2n) is 8.61. The third-order valence-electron chi connectivity index (χ3n) is 6.27. The minimum atomic E-state index is -1.31. The Hall–Kier alpha value is -3.36. The quantitative estimate of drug-likeness (QED) is 0.366. The summed E-state index contributed by atoms with van der Waals surface area (Å²) >= 11 is 0. The standard InChI is InChI=1S/C26H30N2O6/c1-18-3-5-19(6-4-18)23-17-24(27-28(23)20-7-9-21(32-2)10-8-20)26(31)13-11-22(12-14-26)33-15-16-34-25(29)30/h3-10,17,22,31H,11-16H2,1-2H3,(H,29,30). The Morgan fingerprint density at radius 3 is 2.38 bits per heavy atom. The lowest BCUT2D eigenvalue weighted by molar-refractivity contribution is -0.0683. The number of ether oxygens (including phenoxy) is 3. The molecule has 34 heavy (non-hydrogen) atoms. The predicted octanol–water partition coefficient (Wildman–Crippen LogP) is 4.70. The van der Waals surface area contributed by atoms with Crippen LogP contribution in [0.15, 0.2) is 54.6 Å². The first-order chi connectivity index (χ1) is 16.4. The molecule has 2 aromatic carbocycles. The number of carbonyl (C=O) groups is 1. The van der Waals surface area contributed by atoms with Gasteiger partial charge in [0.1, 0.15) is 18.0 Å². The molecule has 0 atom stereocenters. The van der Waals surface area contributed by atoms with Gasteiger partial charge in [0, 0.05) is 5.56 Å². The zero-order valence-electron chi connectivity index (χ0n) is 19.4. The monoisotopic (exact) mass is 466 g/mol. The minimum absolute atomic E-state index is 0.00226. The van der Waals surface area contributed by atoms with Gasteiger partial charge in [0.2, 0.25) is 0 Å². The maximum atomic E-state index is 11.5. The molecule has 0 amide bonds. The average Bonchev–Trinajstić information content (AvgIpc) is 3.30. The van der Waals surface area contributed by atoms with Crippen LogP contribution in [0.5, 0.6) is 5.75 Å². The lowest BCUT2D eigenvalue weighted by Crippen LogP contribution is -2.35. The van der Waals surface area contributed by atoms with Gasteiger partial charge in [-0.2, -0.15) is 5.10 Å². The van der Waals surface area contributed by atoms with E-state index in [0.717, 1.165) is 22.7 Å². The van der Waals surface area contributed by atoms with Crippen molar-refractivity contribution in [3.8, 4) is 22.7 Å². The highest BCUT2D eigenvalue weighted by Gasteiger charge is 2.38. The molecule has 0 spiro atoms. The first-order valence-electron chi connectivity index (χ1n) is 11.4. The molecule has 0 bridgehead atoms. The normalized spacial score (nSPS) is 20.1. The summed E-state index contributed by atoms with van der Waals surface area (Å²) in [5.74, 6) is 0.763. The zero-order valence-corrected chi connectivity index (χ0v) is 19.4. The summed E-state index contributed by atoms with van der Waals surface area (Å²) in [7, 11) is 1.63. The molecule has 1 fully saturated rings. The predicted molar refractivity (Wildman–Crippen MR) is 126 cm³/mol. The number of nitrogens with zero attached hydrogens (tertiary/aromatic N) is 2. The van der Waals surface area contributed by atoms with Crippen molar-refractivity contribution in [3.63, 3.8) is 0 Å². The van der Waals surface area contributed by atoms with Gasteiger partial charge in [-0.1, -0.05) is 29.8 Å². The Kier molecular flexibility index (Phi) is 7.19. The molecule has 0 aliphatic heterocycles. The van der Waals surface area contributed by atoms with E-state index in [4.69, 9.17) is 19.7 Å². The smallest absolute Gasteiger partial charge is 0.497 e. The average molecular weight is 467 g/mol. The van der Waals surface area contributed by atoms with Gasteiger partial charge in [-0.15, -0.1) is 0 Å². The van der Waals surface area contributed by atoms with Gasteiger partial charge in [0.05, 0.1) is 36.9 Å². The number of carboxylic acid groups (broad SMARTS) is 1. The first kappa shape index (κ1) is 23.8. The van der Waals surface area contributed by atoms with E-state index in [0.29, 0.717) is 31.4 Å². The van der Waals surface area contributed by atoms with Crippen LogP contribution in [-0.2, 0) is 15.1 Å². The molecule has 3 aromatic rings. The van der Waals surface area contributed by atoms with E-state index in [2.05, 4.69) is 29.0 Å². The molecular formula is C26H30N2O6. The topological polar surface area (TPSA) is 103 Å². The second-order valence-corrected chi connectivity index (χ2v) is 8.61. The maximum Gasteiger partial charge on any atom is 0.505 e. The highest BCUT2D eigenvalue weighted by atomic mass is 16.7. The van der Waals surface area contributed by atoms with Gasteiger partial charge < -0.3 is 24.4 Å². The summed E-state index contributed by atoms with van der Waals surface area (Å²) in [6.45, 7) is 2.26. The van der Waals surface area contributed by atoms with Gasteiger partial charge in [0.15, 0.2) is 0 Å². The lowest BCUT2D eigenvalue weighted by atomic mass is 9.81. The molecule has 1 aliphatic rings. The van der Waals surface area contributed by atoms with Crippen LogP contribution in [0.3, 0.4) is 0 Å². The molecule has 180 valence electrons. The van der Waals surface area contributed by atoms with Crippen LogP contribution in [0.25, 0.3) is 16.9 Å². The van der Waals surface area contributed by atoms with E-state index in [1.165, 1.54) is 5.56 Å². The van der Waals surface area contributed by atoms with E-state index in [9.17, 15) is 9.90 Å². The van der Waals surface area contributed by atoms with Crippen molar-refractivity contribution in [2.24, 2.45) is 0 Å². The number of aromatic nitrogens is 2. The third-order valence-corrected chi connectivity index (χ3v) is 6.27. The molecule has 2 N–H and O–H groups in total. The minimum Gasteiger partial charge on any atom is -0.497 e. The van der Waals surface area contributed by atoms with Gasteiger partial charge >= 0.3 is 6.16 Å². The molecule has 8 heteroatoms. The molecule has 0 radical (unpaired) electrons. The summed E-state index contributed by atoms with van der Waals surface area (Å²) < 4.78 is 17.4. The summed E-state index contributed by atoms with van der Waals surface area (Å²) in [5.41, 5.74) is 3.53. The van der Waals surface area contributed by atoms with Crippen molar-refractivity contribution in [1.82, 2.24) is 9.78 Å². The summed E-state index contributed by atoms with van der Waals surface area (Å²) in [6, 6.07) is 17.9. The SMILES string of the molecule is COc1ccc(-n2nc(C3(O)CCC(OCCOC(=O)O)CC3)cc2-c2ccc(C)cc2)cc1. The molecular weight excluding hydrogens is 436 g/mol. The number of rotatable bonds is 8. The van der Waals surface area contributed by atoms with E-state index in [1.807, 2.05) is 41.9 Å². The summed E-state index contributed by atoms with van der Waals surface area (Å²) in [6.07, 6.45) is 0.961. The largest absolute Gasteiger partial charge is 0.505 e. The van der Waals surface area contributed by atoms with Crippen molar-refractivity contribution >= 4 is 6.16 Å². The Labute approximate surface area is 198 Å². The van der Waals surface area contributed by atoms with Crippen LogP contribution in [0, 0.1) is 6.92 Å². The van der Waals surface area contributed by atoms with E-state index in [1.54, 1.807) is 7.11 Å². The maximum absolute atomic E-state index is 11.5. The Morgan fingerprint density at radius 1 is 1.09 bits per heavy atom. The first-order valence-corrected chi connectivity index (χ1v) is 11.4. The van der Waals surface area contributed by atoms with Crippen molar-refractivity contribution < 1.29 is 29.2 Å². The van der Waals surface area contributed by atoms with E-state index >= 15 is 0 Å². The van der Waals surface area contributed by atoms with Crippen LogP contribution >= 0.6 is 0 Å². The van der Waals surface area contributed by atoms with E-state index in [-0.39, 0.29) is 19.3 Å². The Bertz CT molecular complexity index is 1100. The number of hydrogen-bond donors (Lipinski definition) is 2.